The molecule has 0 unspecified atom stereocenters. The van der Waals surface area contributed by atoms with E-state index >= 15 is 0 Å². The Balaban J connectivity index is 1.90. The predicted octanol–water partition coefficient (Wildman–Crippen LogP) is 1.55. The zero-order chi connectivity index (χ0) is 11.4. The van der Waals surface area contributed by atoms with Gasteiger partial charge < -0.3 is 9.57 Å². The number of hydrogen-bond acceptors (Lipinski definition) is 4. The van der Waals surface area contributed by atoms with Gasteiger partial charge in [0, 0.05) is 12.8 Å². The number of hydrogen-bond donors (Lipinski definition) is 0. The van der Waals surface area contributed by atoms with Gasteiger partial charge >= 0.3 is 5.97 Å². The van der Waals surface area contributed by atoms with Gasteiger partial charge in [0.25, 0.3) is 0 Å². The quantitative estimate of drug-likeness (QED) is 0.724. The average molecular weight is 219 g/mol. The lowest BCUT2D eigenvalue weighted by Crippen LogP contribution is -2.17. The van der Waals surface area contributed by atoms with Gasteiger partial charge in [-0.2, -0.15) is 0 Å². The first-order chi connectivity index (χ1) is 7.79. The van der Waals surface area contributed by atoms with Crippen LogP contribution in [0.3, 0.4) is 0 Å². The molecule has 16 heavy (non-hydrogen) atoms. The summed E-state index contributed by atoms with van der Waals surface area (Å²) >= 11 is 0. The minimum atomic E-state index is -0.407. The zero-order valence-corrected chi connectivity index (χ0v) is 9.05. The Morgan fingerprint density at radius 1 is 1.50 bits per heavy atom. The van der Waals surface area contributed by atoms with Crippen LogP contribution in [0.2, 0.25) is 0 Å². The van der Waals surface area contributed by atoms with Crippen molar-refractivity contribution < 1.29 is 14.4 Å². The van der Waals surface area contributed by atoms with Crippen molar-refractivity contribution in [3.63, 3.8) is 0 Å². The van der Waals surface area contributed by atoms with Crippen molar-refractivity contribution in [2.75, 3.05) is 7.11 Å². The summed E-state index contributed by atoms with van der Waals surface area (Å²) in [6.45, 7) is 0. The van der Waals surface area contributed by atoms with E-state index in [4.69, 9.17) is 4.84 Å². The van der Waals surface area contributed by atoms with E-state index < -0.39 is 5.97 Å². The van der Waals surface area contributed by atoms with Crippen molar-refractivity contribution in [2.45, 2.75) is 18.9 Å². The highest BCUT2D eigenvalue weighted by Gasteiger charge is 2.26. The maximum absolute atomic E-state index is 11.2. The van der Waals surface area contributed by atoms with Gasteiger partial charge in [0.15, 0.2) is 5.71 Å². The van der Waals surface area contributed by atoms with Crippen LogP contribution in [-0.2, 0) is 20.8 Å². The van der Waals surface area contributed by atoms with Crippen LogP contribution in [-0.4, -0.2) is 24.9 Å². The van der Waals surface area contributed by atoms with Crippen molar-refractivity contribution in [1.29, 1.82) is 0 Å². The summed E-state index contributed by atoms with van der Waals surface area (Å²) in [6, 6.07) is 9.98. The summed E-state index contributed by atoms with van der Waals surface area (Å²) in [5.41, 5.74) is 1.54. The topological polar surface area (TPSA) is 47.9 Å². The Labute approximate surface area is 93.9 Å². The molecule has 1 aromatic rings. The van der Waals surface area contributed by atoms with E-state index in [-0.39, 0.29) is 6.10 Å². The summed E-state index contributed by atoms with van der Waals surface area (Å²) in [4.78, 5) is 16.4. The maximum Gasteiger partial charge on any atom is 0.355 e. The van der Waals surface area contributed by atoms with Gasteiger partial charge in [0.05, 0.1) is 7.11 Å². The molecular weight excluding hydrogens is 206 g/mol. The van der Waals surface area contributed by atoms with E-state index in [9.17, 15) is 4.79 Å². The molecule has 0 aromatic heterocycles. The summed E-state index contributed by atoms with van der Waals surface area (Å²) in [5.74, 6) is -0.407. The molecule has 0 amide bonds. The highest BCUT2D eigenvalue weighted by molar-refractivity contribution is 6.36. The molecule has 1 aliphatic rings. The lowest BCUT2D eigenvalue weighted by Gasteiger charge is -2.07. The Morgan fingerprint density at radius 3 is 2.94 bits per heavy atom. The molecule has 4 heteroatoms. The van der Waals surface area contributed by atoms with Crippen molar-refractivity contribution in [3.05, 3.63) is 35.9 Å². The highest BCUT2D eigenvalue weighted by Crippen LogP contribution is 2.16. The molecule has 1 aromatic carbocycles. The van der Waals surface area contributed by atoms with Crippen LogP contribution >= 0.6 is 0 Å². The molecule has 1 heterocycles. The third-order valence-electron chi connectivity index (χ3n) is 2.46. The number of benzene rings is 1. The number of methoxy groups -OCH3 is 1. The van der Waals surface area contributed by atoms with Crippen LogP contribution in [0, 0.1) is 0 Å². The number of esters is 1. The third kappa shape index (κ3) is 2.39. The summed E-state index contributed by atoms with van der Waals surface area (Å²) in [6.07, 6.45) is 1.21. The fourth-order valence-corrected chi connectivity index (χ4v) is 1.65. The summed E-state index contributed by atoms with van der Waals surface area (Å²) in [5, 5.41) is 3.73. The maximum atomic E-state index is 11.2. The second-order valence-corrected chi connectivity index (χ2v) is 3.65. The number of carbonyl (C=O) groups excluding carboxylic acids is 1. The Hall–Kier alpha value is -1.84. The molecule has 4 nitrogen and oxygen atoms in total. The van der Waals surface area contributed by atoms with Crippen molar-refractivity contribution in [3.8, 4) is 0 Å². The van der Waals surface area contributed by atoms with E-state index in [1.54, 1.807) is 0 Å². The van der Waals surface area contributed by atoms with Crippen molar-refractivity contribution in [1.82, 2.24) is 0 Å². The molecule has 1 aliphatic heterocycles. The number of ether oxygens (including phenoxy) is 1. The van der Waals surface area contributed by atoms with Gasteiger partial charge in [0.2, 0.25) is 0 Å². The lowest BCUT2D eigenvalue weighted by atomic mass is 10.0. The lowest BCUT2D eigenvalue weighted by molar-refractivity contribution is -0.132. The van der Waals surface area contributed by atoms with Crippen LogP contribution in [0.25, 0.3) is 0 Å². The van der Waals surface area contributed by atoms with Crippen LogP contribution in [0.1, 0.15) is 12.0 Å². The number of carbonyl (C=O) groups is 1. The molecule has 0 saturated heterocycles. The molecule has 0 fully saturated rings. The van der Waals surface area contributed by atoms with Gasteiger partial charge in [-0.15, -0.1) is 0 Å². The molecule has 0 N–H and O–H groups in total. The molecule has 0 saturated carbocycles. The summed E-state index contributed by atoms with van der Waals surface area (Å²) < 4.78 is 4.58. The van der Waals surface area contributed by atoms with Crippen molar-refractivity contribution >= 4 is 11.7 Å². The first-order valence-electron chi connectivity index (χ1n) is 5.14. The molecule has 0 aliphatic carbocycles. The van der Waals surface area contributed by atoms with E-state index in [0.717, 1.165) is 6.42 Å². The summed E-state index contributed by atoms with van der Waals surface area (Å²) in [7, 11) is 1.34. The van der Waals surface area contributed by atoms with Gasteiger partial charge in [0.1, 0.15) is 6.10 Å². The van der Waals surface area contributed by atoms with Gasteiger partial charge in [-0.05, 0) is 5.56 Å². The Morgan fingerprint density at radius 2 is 2.25 bits per heavy atom. The minimum Gasteiger partial charge on any atom is -0.464 e. The monoisotopic (exact) mass is 219 g/mol. The normalized spacial score (nSPS) is 18.8. The standard InChI is InChI=1S/C12H13NO3/c1-15-12(14)11-8-10(16-13-11)7-9-5-3-2-4-6-9/h2-6,10H,7-8H2,1H3/t10-/m0/s1. The largest absolute Gasteiger partial charge is 0.464 e. The van der Waals surface area contributed by atoms with Gasteiger partial charge in [-0.25, -0.2) is 4.79 Å². The van der Waals surface area contributed by atoms with E-state index in [0.29, 0.717) is 12.1 Å². The highest BCUT2D eigenvalue weighted by atomic mass is 16.6. The van der Waals surface area contributed by atoms with Crippen LogP contribution < -0.4 is 0 Å². The van der Waals surface area contributed by atoms with Crippen molar-refractivity contribution in [2.24, 2.45) is 5.16 Å². The number of rotatable bonds is 3. The predicted molar refractivity (Wildman–Crippen MR) is 59.1 cm³/mol. The van der Waals surface area contributed by atoms with E-state index in [1.807, 2.05) is 30.3 Å². The number of oxime groups is 1. The molecule has 84 valence electrons. The molecule has 0 spiro atoms. The second kappa shape index (κ2) is 4.79. The minimum absolute atomic E-state index is 0.0588. The molecule has 0 bridgehead atoms. The van der Waals surface area contributed by atoms with Crippen LogP contribution in [0.4, 0.5) is 0 Å². The Kier molecular flexibility index (Phi) is 3.19. The molecule has 2 rings (SSSR count). The third-order valence-corrected chi connectivity index (χ3v) is 2.46. The fraction of sp³-hybridized carbons (Fsp3) is 0.333. The molecule has 0 radical (unpaired) electrons. The smallest absolute Gasteiger partial charge is 0.355 e. The SMILES string of the molecule is COC(=O)C1=NO[C@@H](Cc2ccccc2)C1. The second-order valence-electron chi connectivity index (χ2n) is 3.65. The van der Waals surface area contributed by atoms with E-state index in [1.165, 1.54) is 12.7 Å². The molecule has 1 atom stereocenters. The number of nitrogens with zero attached hydrogens (tertiary/aromatic N) is 1. The Bertz CT molecular complexity index is 400. The van der Waals surface area contributed by atoms with Crippen LogP contribution in [0.15, 0.2) is 35.5 Å². The fourth-order valence-electron chi connectivity index (χ4n) is 1.65. The van der Waals surface area contributed by atoms with Gasteiger partial charge in [-0.3, -0.25) is 0 Å². The molecular formula is C12H13NO3. The first kappa shape index (κ1) is 10.7. The van der Waals surface area contributed by atoms with E-state index in [2.05, 4.69) is 9.89 Å². The average Bonchev–Trinajstić information content (AvgIpc) is 2.78. The van der Waals surface area contributed by atoms with Crippen LogP contribution in [0.5, 0.6) is 0 Å². The first-order valence-corrected chi connectivity index (χ1v) is 5.14. The van der Waals surface area contributed by atoms with Gasteiger partial charge in [-0.1, -0.05) is 35.5 Å². The zero-order valence-electron chi connectivity index (χ0n) is 9.05.